The van der Waals surface area contributed by atoms with Crippen LogP contribution in [-0.4, -0.2) is 56.1 Å². The molecule has 1 fully saturated rings. The van der Waals surface area contributed by atoms with Crippen molar-refractivity contribution >= 4 is 24.3 Å². The zero-order chi connectivity index (χ0) is 13.6. The molecule has 0 unspecified atom stereocenters. The van der Waals surface area contributed by atoms with Crippen LogP contribution >= 0.6 is 12.4 Å². The van der Waals surface area contributed by atoms with Gasteiger partial charge in [0, 0.05) is 31.7 Å². The molecule has 0 aliphatic carbocycles. The summed E-state index contributed by atoms with van der Waals surface area (Å²) in [6, 6.07) is 0. The van der Waals surface area contributed by atoms with E-state index in [9.17, 15) is 18.4 Å². The third-order valence-electron chi connectivity index (χ3n) is 2.46. The summed E-state index contributed by atoms with van der Waals surface area (Å²) in [6.45, 7) is 0.263. The minimum Gasteiger partial charge on any atom is -0.466 e. The lowest BCUT2D eigenvalue weighted by Crippen LogP contribution is -2.29. The third kappa shape index (κ3) is 7.07. The zero-order valence-corrected chi connectivity index (χ0v) is 11.3. The van der Waals surface area contributed by atoms with Crippen molar-refractivity contribution in [1.29, 1.82) is 0 Å². The van der Waals surface area contributed by atoms with Crippen LogP contribution in [0.25, 0.3) is 0 Å². The Balaban J connectivity index is 0.00000324. The normalized spacial score (nSPS) is 18.1. The number of nitrogens with zero attached hydrogens (tertiary/aromatic N) is 1. The van der Waals surface area contributed by atoms with E-state index in [1.54, 1.807) is 0 Å². The van der Waals surface area contributed by atoms with Gasteiger partial charge in [-0.25, -0.2) is 18.4 Å². The molecule has 0 saturated carbocycles. The molecular formula is C11H16ClF2NO4. The van der Waals surface area contributed by atoms with Crippen molar-refractivity contribution in [2.24, 2.45) is 0 Å². The number of rotatable bonds is 5. The number of alkyl halides is 2. The number of esters is 2. The van der Waals surface area contributed by atoms with Gasteiger partial charge < -0.3 is 9.47 Å². The fraction of sp³-hybridized carbons (Fsp3) is 0.636. The summed E-state index contributed by atoms with van der Waals surface area (Å²) in [5, 5.41) is 0. The summed E-state index contributed by atoms with van der Waals surface area (Å²) in [7, 11) is 1.19. The SMILES string of the molecule is COC(=O)C=CC(=O)OCCN1CCC(F)(F)C1.Cl. The number of halogens is 3. The van der Waals surface area contributed by atoms with Crippen LogP contribution in [0.15, 0.2) is 12.2 Å². The maximum atomic E-state index is 12.8. The minimum atomic E-state index is -2.64. The van der Waals surface area contributed by atoms with Crippen LogP contribution in [0.3, 0.4) is 0 Å². The Bertz CT molecular complexity index is 350. The Morgan fingerprint density at radius 3 is 2.47 bits per heavy atom. The molecule has 1 aliphatic heterocycles. The smallest absolute Gasteiger partial charge is 0.331 e. The molecule has 0 amide bonds. The van der Waals surface area contributed by atoms with Crippen molar-refractivity contribution in [1.82, 2.24) is 4.90 Å². The molecule has 0 radical (unpaired) electrons. The van der Waals surface area contributed by atoms with Crippen molar-refractivity contribution < 1.29 is 27.8 Å². The zero-order valence-electron chi connectivity index (χ0n) is 10.4. The molecule has 0 N–H and O–H groups in total. The molecular weight excluding hydrogens is 284 g/mol. The van der Waals surface area contributed by atoms with E-state index in [-0.39, 0.29) is 38.5 Å². The summed E-state index contributed by atoms with van der Waals surface area (Å²) in [5.74, 6) is -4.01. The molecule has 0 bridgehead atoms. The van der Waals surface area contributed by atoms with Gasteiger partial charge in [-0.15, -0.1) is 12.4 Å². The first-order valence-electron chi connectivity index (χ1n) is 5.46. The number of ether oxygens (including phenoxy) is 2. The number of methoxy groups -OCH3 is 1. The Labute approximate surface area is 115 Å². The summed E-state index contributed by atoms with van der Waals surface area (Å²) in [5.41, 5.74) is 0. The molecule has 19 heavy (non-hydrogen) atoms. The van der Waals surface area contributed by atoms with Crippen LogP contribution < -0.4 is 0 Å². The topological polar surface area (TPSA) is 55.8 Å². The van der Waals surface area contributed by atoms with E-state index >= 15 is 0 Å². The summed E-state index contributed by atoms with van der Waals surface area (Å²) in [6.07, 6.45) is 1.71. The predicted molar refractivity (Wildman–Crippen MR) is 65.4 cm³/mol. The molecule has 5 nitrogen and oxygen atoms in total. The molecule has 1 saturated heterocycles. The number of carbonyl (C=O) groups is 2. The number of carbonyl (C=O) groups excluding carboxylic acids is 2. The molecule has 1 heterocycles. The average Bonchev–Trinajstić information content (AvgIpc) is 2.66. The van der Waals surface area contributed by atoms with Crippen LogP contribution in [0, 0.1) is 0 Å². The van der Waals surface area contributed by atoms with Crippen molar-refractivity contribution in [3.05, 3.63) is 12.2 Å². The lowest BCUT2D eigenvalue weighted by molar-refractivity contribution is -0.139. The van der Waals surface area contributed by atoms with Gasteiger partial charge in [0.1, 0.15) is 6.61 Å². The molecule has 0 atom stereocenters. The van der Waals surface area contributed by atoms with Crippen molar-refractivity contribution in [2.45, 2.75) is 12.3 Å². The number of hydrogen-bond acceptors (Lipinski definition) is 5. The van der Waals surface area contributed by atoms with Crippen LogP contribution in [0.2, 0.25) is 0 Å². The number of hydrogen-bond donors (Lipinski definition) is 0. The lowest BCUT2D eigenvalue weighted by atomic mass is 10.3. The highest BCUT2D eigenvalue weighted by Crippen LogP contribution is 2.26. The summed E-state index contributed by atoms with van der Waals surface area (Å²) >= 11 is 0. The van der Waals surface area contributed by atoms with E-state index < -0.39 is 17.9 Å². The molecule has 8 heteroatoms. The Kier molecular flexibility index (Phi) is 7.55. The van der Waals surface area contributed by atoms with Crippen LogP contribution in [0.1, 0.15) is 6.42 Å². The molecule has 0 aromatic carbocycles. The van der Waals surface area contributed by atoms with Gasteiger partial charge in [0.2, 0.25) is 0 Å². The first-order valence-corrected chi connectivity index (χ1v) is 5.46. The van der Waals surface area contributed by atoms with Crippen LogP contribution in [-0.2, 0) is 19.1 Å². The molecule has 0 spiro atoms. The van der Waals surface area contributed by atoms with Gasteiger partial charge in [0.05, 0.1) is 13.7 Å². The van der Waals surface area contributed by atoms with Crippen LogP contribution in [0.5, 0.6) is 0 Å². The molecule has 1 rings (SSSR count). The summed E-state index contributed by atoms with van der Waals surface area (Å²) < 4.78 is 34.7. The van der Waals surface area contributed by atoms with Gasteiger partial charge in [0.15, 0.2) is 0 Å². The molecule has 0 aromatic heterocycles. The predicted octanol–water partition coefficient (Wildman–Crippen LogP) is 1.02. The average molecular weight is 300 g/mol. The van der Waals surface area contributed by atoms with E-state index in [0.717, 1.165) is 12.2 Å². The standard InChI is InChI=1S/C11H15F2NO4.ClH/c1-17-9(15)2-3-10(16)18-7-6-14-5-4-11(12,13)8-14;/h2-3H,4-8H2,1H3;1H. The van der Waals surface area contributed by atoms with Crippen molar-refractivity contribution in [3.8, 4) is 0 Å². The fourth-order valence-electron chi connectivity index (χ4n) is 1.53. The van der Waals surface area contributed by atoms with Crippen LogP contribution in [0.4, 0.5) is 8.78 Å². The number of likely N-dealkylation sites (tertiary alicyclic amines) is 1. The summed E-state index contributed by atoms with van der Waals surface area (Å²) in [4.78, 5) is 23.3. The van der Waals surface area contributed by atoms with E-state index in [1.807, 2.05) is 0 Å². The van der Waals surface area contributed by atoms with Gasteiger partial charge in [-0.1, -0.05) is 0 Å². The molecule has 110 valence electrons. The lowest BCUT2D eigenvalue weighted by Gasteiger charge is -2.14. The first-order chi connectivity index (χ1) is 8.43. The Morgan fingerprint density at radius 2 is 1.95 bits per heavy atom. The molecule has 0 aromatic rings. The van der Waals surface area contributed by atoms with Crippen molar-refractivity contribution in [2.75, 3.05) is 33.4 Å². The van der Waals surface area contributed by atoms with E-state index in [4.69, 9.17) is 4.74 Å². The Morgan fingerprint density at radius 1 is 1.32 bits per heavy atom. The van der Waals surface area contributed by atoms with Gasteiger partial charge >= 0.3 is 11.9 Å². The van der Waals surface area contributed by atoms with E-state index in [0.29, 0.717) is 6.54 Å². The van der Waals surface area contributed by atoms with Gasteiger partial charge in [-0.3, -0.25) is 4.90 Å². The second-order valence-corrected chi connectivity index (χ2v) is 3.91. The highest BCUT2D eigenvalue weighted by Gasteiger charge is 2.37. The second kappa shape index (κ2) is 8.06. The quantitative estimate of drug-likeness (QED) is 0.560. The fourth-order valence-corrected chi connectivity index (χ4v) is 1.53. The van der Waals surface area contributed by atoms with Gasteiger partial charge in [-0.05, 0) is 0 Å². The van der Waals surface area contributed by atoms with E-state index in [2.05, 4.69) is 4.74 Å². The van der Waals surface area contributed by atoms with E-state index in [1.165, 1.54) is 12.0 Å². The largest absolute Gasteiger partial charge is 0.466 e. The monoisotopic (exact) mass is 299 g/mol. The first kappa shape index (κ1) is 17.8. The second-order valence-electron chi connectivity index (χ2n) is 3.91. The Hall–Kier alpha value is -1.21. The highest BCUT2D eigenvalue weighted by molar-refractivity contribution is 5.91. The minimum absolute atomic E-state index is 0. The maximum Gasteiger partial charge on any atom is 0.331 e. The van der Waals surface area contributed by atoms with Gasteiger partial charge in [0.25, 0.3) is 5.92 Å². The highest BCUT2D eigenvalue weighted by atomic mass is 35.5. The maximum absolute atomic E-state index is 12.8. The third-order valence-corrected chi connectivity index (χ3v) is 2.46. The molecule has 1 aliphatic rings. The van der Waals surface area contributed by atoms with Gasteiger partial charge in [-0.2, -0.15) is 0 Å². The van der Waals surface area contributed by atoms with Crippen molar-refractivity contribution in [3.63, 3.8) is 0 Å².